The Hall–Kier alpha value is -1.56. The number of rotatable bonds is 7. The largest absolute Gasteiger partial charge is 0.286 e. The first-order valence-electron chi connectivity index (χ1n) is 8.27. The van der Waals surface area contributed by atoms with Crippen LogP contribution in [0, 0.1) is 6.92 Å². The van der Waals surface area contributed by atoms with Crippen LogP contribution in [0.15, 0.2) is 24.3 Å². The Morgan fingerprint density at radius 1 is 1.22 bits per heavy atom. The molecule has 0 saturated heterocycles. The number of hydrogen-bond donors (Lipinski definition) is 1. The average molecular weight is 338 g/mol. The van der Waals surface area contributed by atoms with Crippen LogP contribution in [0.5, 0.6) is 0 Å². The minimum absolute atomic E-state index is 0.0151. The molecule has 128 valence electrons. The van der Waals surface area contributed by atoms with Gasteiger partial charge in [-0.3, -0.25) is 15.2 Å². The van der Waals surface area contributed by atoms with Gasteiger partial charge in [-0.25, -0.2) is 8.42 Å². The van der Waals surface area contributed by atoms with Crippen molar-refractivity contribution >= 4 is 21.4 Å². The molecular formula is C17H26N2O3S. The molecule has 1 amide bonds. The van der Waals surface area contributed by atoms with E-state index < -0.39 is 9.84 Å². The van der Waals surface area contributed by atoms with Crippen molar-refractivity contribution in [1.82, 2.24) is 5.43 Å². The fraction of sp³-hybridized carbons (Fsp3) is 0.588. The maximum atomic E-state index is 12.2. The molecule has 0 heterocycles. The first-order valence-corrected chi connectivity index (χ1v) is 9.99. The predicted molar refractivity (Wildman–Crippen MR) is 93.0 cm³/mol. The fourth-order valence-corrected chi connectivity index (χ4v) is 4.76. The lowest BCUT2D eigenvalue weighted by molar-refractivity contribution is -0.120. The van der Waals surface area contributed by atoms with Gasteiger partial charge in [-0.15, -0.1) is 0 Å². The highest BCUT2D eigenvalue weighted by atomic mass is 32.2. The second-order valence-electron chi connectivity index (χ2n) is 6.14. The van der Waals surface area contributed by atoms with E-state index in [0.717, 1.165) is 36.9 Å². The van der Waals surface area contributed by atoms with Crippen LogP contribution in [-0.2, 0) is 14.6 Å². The van der Waals surface area contributed by atoms with Gasteiger partial charge in [0.2, 0.25) is 5.91 Å². The Balaban J connectivity index is 1.88. The number of nitrogens with one attached hydrogen (secondary N) is 1. The molecular weight excluding hydrogens is 312 g/mol. The van der Waals surface area contributed by atoms with Crippen LogP contribution in [0.4, 0.5) is 5.69 Å². The highest BCUT2D eigenvalue weighted by Crippen LogP contribution is 2.25. The van der Waals surface area contributed by atoms with Crippen LogP contribution >= 0.6 is 0 Å². The highest BCUT2D eigenvalue weighted by molar-refractivity contribution is 7.92. The smallest absolute Gasteiger partial charge is 0.239 e. The van der Waals surface area contributed by atoms with Gasteiger partial charge in [0.1, 0.15) is 0 Å². The molecule has 5 nitrogen and oxygen atoms in total. The molecule has 0 radical (unpaired) electrons. The first kappa shape index (κ1) is 17.8. The van der Waals surface area contributed by atoms with Gasteiger partial charge in [-0.1, -0.05) is 30.5 Å². The summed E-state index contributed by atoms with van der Waals surface area (Å²) in [6, 6.07) is 7.84. The summed E-state index contributed by atoms with van der Waals surface area (Å²) >= 11 is 0. The zero-order valence-corrected chi connectivity index (χ0v) is 14.7. The standard InChI is InChI=1S/C17H26N2O3S/c1-3-19(15-10-8-14(2)9-11-15)18-17(20)12-13-23(21,22)16-6-4-5-7-16/h8-11,16H,3-7,12-13H2,1-2H3,(H,18,20). The number of nitrogens with zero attached hydrogens (tertiary/aromatic N) is 1. The summed E-state index contributed by atoms with van der Waals surface area (Å²) in [6.45, 7) is 4.56. The van der Waals surface area contributed by atoms with Gasteiger partial charge < -0.3 is 0 Å². The van der Waals surface area contributed by atoms with E-state index in [1.54, 1.807) is 5.01 Å². The number of sulfone groups is 1. The zero-order chi connectivity index (χ0) is 16.9. The molecule has 6 heteroatoms. The summed E-state index contributed by atoms with van der Waals surface area (Å²) in [5.74, 6) is -0.316. The number of hydrazine groups is 1. The van der Waals surface area contributed by atoms with Crippen LogP contribution in [-0.4, -0.2) is 31.9 Å². The van der Waals surface area contributed by atoms with Gasteiger partial charge in [-0.2, -0.15) is 0 Å². The molecule has 1 aromatic rings. The Morgan fingerprint density at radius 2 is 1.83 bits per heavy atom. The Morgan fingerprint density at radius 3 is 2.39 bits per heavy atom. The maximum Gasteiger partial charge on any atom is 0.239 e. The molecule has 1 aliphatic carbocycles. The van der Waals surface area contributed by atoms with Crippen LogP contribution in [0.1, 0.15) is 44.6 Å². The summed E-state index contributed by atoms with van der Waals surface area (Å²) in [4.78, 5) is 12.1. The molecule has 1 aromatic carbocycles. The van der Waals surface area contributed by atoms with Gasteiger partial charge >= 0.3 is 0 Å². The van der Waals surface area contributed by atoms with E-state index in [1.807, 2.05) is 38.1 Å². The maximum absolute atomic E-state index is 12.2. The van der Waals surface area contributed by atoms with Crippen LogP contribution < -0.4 is 10.4 Å². The highest BCUT2D eigenvalue weighted by Gasteiger charge is 2.29. The van der Waals surface area contributed by atoms with E-state index in [1.165, 1.54) is 0 Å². The third kappa shape index (κ3) is 4.96. The molecule has 0 unspecified atom stereocenters. The molecule has 1 N–H and O–H groups in total. The monoisotopic (exact) mass is 338 g/mol. The molecule has 1 fully saturated rings. The Kier molecular flexibility index (Phi) is 6.04. The second-order valence-corrected chi connectivity index (χ2v) is 8.54. The average Bonchev–Trinajstić information content (AvgIpc) is 3.07. The Bertz CT molecular complexity index is 620. The van der Waals surface area contributed by atoms with Crippen molar-refractivity contribution in [3.63, 3.8) is 0 Å². The molecule has 1 saturated carbocycles. The molecule has 0 spiro atoms. The minimum Gasteiger partial charge on any atom is -0.286 e. The predicted octanol–water partition coefficient (Wildman–Crippen LogP) is 2.60. The molecule has 0 bridgehead atoms. The molecule has 23 heavy (non-hydrogen) atoms. The summed E-state index contributed by atoms with van der Waals surface area (Å²) in [7, 11) is -3.15. The third-order valence-corrected chi connectivity index (χ3v) is 6.61. The molecule has 1 aliphatic rings. The quantitative estimate of drug-likeness (QED) is 0.776. The van der Waals surface area contributed by atoms with Crippen molar-refractivity contribution in [1.29, 1.82) is 0 Å². The number of carbonyl (C=O) groups excluding carboxylic acids is 1. The van der Waals surface area contributed by atoms with E-state index in [-0.39, 0.29) is 23.3 Å². The number of aryl methyl sites for hydroxylation is 1. The van der Waals surface area contributed by atoms with E-state index in [0.29, 0.717) is 6.54 Å². The number of anilines is 1. The van der Waals surface area contributed by atoms with Crippen LogP contribution in [0.2, 0.25) is 0 Å². The summed E-state index contributed by atoms with van der Waals surface area (Å²) < 4.78 is 24.4. The normalized spacial score (nSPS) is 15.6. The van der Waals surface area contributed by atoms with Crippen molar-refractivity contribution in [3.05, 3.63) is 29.8 Å². The van der Waals surface area contributed by atoms with Crippen molar-refractivity contribution in [2.75, 3.05) is 17.3 Å². The summed E-state index contributed by atoms with van der Waals surface area (Å²) in [5, 5.41) is 1.50. The topological polar surface area (TPSA) is 66.5 Å². The van der Waals surface area contributed by atoms with Crippen molar-refractivity contribution in [3.8, 4) is 0 Å². The van der Waals surface area contributed by atoms with E-state index >= 15 is 0 Å². The van der Waals surface area contributed by atoms with Crippen molar-refractivity contribution in [2.45, 2.75) is 51.2 Å². The van der Waals surface area contributed by atoms with Gasteiger partial charge in [0.05, 0.1) is 16.7 Å². The number of hydrogen-bond acceptors (Lipinski definition) is 4. The molecule has 0 atom stereocenters. The van der Waals surface area contributed by atoms with Crippen LogP contribution in [0.3, 0.4) is 0 Å². The zero-order valence-electron chi connectivity index (χ0n) is 13.9. The molecule has 2 rings (SSSR count). The summed E-state index contributed by atoms with van der Waals surface area (Å²) in [6.07, 6.45) is 3.46. The minimum atomic E-state index is -3.15. The van der Waals surface area contributed by atoms with E-state index in [2.05, 4.69) is 5.43 Å². The van der Waals surface area contributed by atoms with Crippen molar-refractivity contribution in [2.24, 2.45) is 0 Å². The van der Waals surface area contributed by atoms with Crippen molar-refractivity contribution < 1.29 is 13.2 Å². The van der Waals surface area contributed by atoms with Gasteiger partial charge in [0.15, 0.2) is 9.84 Å². The third-order valence-electron chi connectivity index (χ3n) is 4.35. The lowest BCUT2D eigenvalue weighted by Crippen LogP contribution is -2.43. The second kappa shape index (κ2) is 7.81. The molecule has 0 aromatic heterocycles. The van der Waals surface area contributed by atoms with E-state index in [9.17, 15) is 13.2 Å². The SMILES string of the molecule is CCN(NC(=O)CCS(=O)(=O)C1CCCC1)c1ccc(C)cc1. The van der Waals surface area contributed by atoms with E-state index in [4.69, 9.17) is 0 Å². The van der Waals surface area contributed by atoms with Gasteiger partial charge in [-0.05, 0) is 38.8 Å². The van der Waals surface area contributed by atoms with Crippen LogP contribution in [0.25, 0.3) is 0 Å². The first-order chi connectivity index (χ1) is 10.9. The van der Waals surface area contributed by atoms with Gasteiger partial charge in [0.25, 0.3) is 0 Å². The lowest BCUT2D eigenvalue weighted by atomic mass is 10.2. The summed E-state index contributed by atoms with van der Waals surface area (Å²) in [5.41, 5.74) is 4.84. The number of amides is 1. The number of carbonyl (C=O) groups is 1. The fourth-order valence-electron chi connectivity index (χ4n) is 2.91. The lowest BCUT2D eigenvalue weighted by Gasteiger charge is -2.24. The Labute approximate surface area is 139 Å². The molecule has 0 aliphatic heterocycles. The van der Waals surface area contributed by atoms with Gasteiger partial charge in [0, 0.05) is 13.0 Å². The number of benzene rings is 1.